The molecule has 0 radical (unpaired) electrons. The van der Waals surface area contributed by atoms with Crippen molar-refractivity contribution in [2.24, 2.45) is 5.92 Å². The van der Waals surface area contributed by atoms with Crippen LogP contribution in [0.5, 0.6) is 0 Å². The Kier molecular flexibility index (Phi) is 5.61. The number of carboxylic acids is 1. The van der Waals surface area contributed by atoms with Gasteiger partial charge in [-0.3, -0.25) is 4.79 Å². The van der Waals surface area contributed by atoms with E-state index in [0.717, 1.165) is 19.3 Å². The molecule has 0 spiro atoms. The number of urea groups is 1. The third-order valence-corrected chi connectivity index (χ3v) is 4.14. The summed E-state index contributed by atoms with van der Waals surface area (Å²) >= 11 is 1.84. The molecule has 5 nitrogen and oxygen atoms in total. The van der Waals surface area contributed by atoms with Crippen LogP contribution in [0.3, 0.4) is 0 Å². The number of nitrogens with one attached hydrogen (secondary N) is 2. The van der Waals surface area contributed by atoms with E-state index in [-0.39, 0.29) is 18.6 Å². The summed E-state index contributed by atoms with van der Waals surface area (Å²) < 4.78 is 0. The molecule has 2 amide bonds. The lowest BCUT2D eigenvalue weighted by atomic mass is 10.2. The summed E-state index contributed by atoms with van der Waals surface area (Å²) in [4.78, 5) is 22.1. The van der Waals surface area contributed by atoms with Gasteiger partial charge >= 0.3 is 12.0 Å². The van der Waals surface area contributed by atoms with Gasteiger partial charge in [0.05, 0.1) is 5.92 Å². The summed E-state index contributed by atoms with van der Waals surface area (Å²) in [5.41, 5.74) is 0. The number of carbonyl (C=O) groups is 2. The number of carboxylic acid groups (broad SMARTS) is 1. The molecule has 1 fully saturated rings. The lowest BCUT2D eigenvalue weighted by molar-refractivity contribution is -0.140. The van der Waals surface area contributed by atoms with Crippen LogP contribution in [0.25, 0.3) is 0 Å². The molecule has 0 aromatic carbocycles. The van der Waals surface area contributed by atoms with E-state index >= 15 is 0 Å². The third kappa shape index (κ3) is 4.85. The number of hydrogen-bond acceptors (Lipinski definition) is 3. The minimum absolute atomic E-state index is 0.167. The second-order valence-corrected chi connectivity index (χ2v) is 5.60. The Bertz CT molecular complexity index is 286. The molecule has 0 aromatic heterocycles. The largest absolute Gasteiger partial charge is 0.481 e. The Balaban J connectivity index is 2.19. The van der Waals surface area contributed by atoms with Crippen LogP contribution in [-0.2, 0) is 4.79 Å². The maximum atomic E-state index is 11.5. The number of amides is 2. The van der Waals surface area contributed by atoms with Crippen molar-refractivity contribution in [2.75, 3.05) is 12.8 Å². The molecular formula is C11H20N2O3S. The topological polar surface area (TPSA) is 78.4 Å². The van der Waals surface area contributed by atoms with Crippen molar-refractivity contribution in [3.8, 4) is 0 Å². The molecule has 98 valence electrons. The maximum absolute atomic E-state index is 11.5. The van der Waals surface area contributed by atoms with Crippen LogP contribution in [0.1, 0.15) is 26.2 Å². The summed E-state index contributed by atoms with van der Waals surface area (Å²) in [5.74, 6) is -1.45. The summed E-state index contributed by atoms with van der Waals surface area (Å²) in [5, 5.41) is 14.8. The first kappa shape index (κ1) is 14.2. The second kappa shape index (κ2) is 6.74. The van der Waals surface area contributed by atoms with Crippen LogP contribution in [0.2, 0.25) is 0 Å². The quantitative estimate of drug-likeness (QED) is 0.696. The fraction of sp³-hybridized carbons (Fsp3) is 0.818. The van der Waals surface area contributed by atoms with Crippen molar-refractivity contribution in [3.63, 3.8) is 0 Å². The first-order valence-electron chi connectivity index (χ1n) is 5.83. The van der Waals surface area contributed by atoms with Crippen molar-refractivity contribution in [2.45, 2.75) is 37.5 Å². The Hall–Kier alpha value is -0.910. The zero-order chi connectivity index (χ0) is 12.8. The molecule has 6 heteroatoms. The van der Waals surface area contributed by atoms with Crippen molar-refractivity contribution < 1.29 is 14.7 Å². The van der Waals surface area contributed by atoms with Crippen LogP contribution >= 0.6 is 11.8 Å². The number of thioether (sulfide) groups is 1. The number of aliphatic carboxylic acids is 1. The predicted molar refractivity (Wildman–Crippen MR) is 68.3 cm³/mol. The standard InChI is InChI=1S/C11H20N2O3S/c1-7(10(14)15)6-12-11(16)13-8-3-4-9(5-8)17-2/h7-9H,3-6H2,1-2H3,(H,14,15)(H2,12,13,16). The average Bonchev–Trinajstić information content (AvgIpc) is 2.73. The van der Waals surface area contributed by atoms with E-state index in [4.69, 9.17) is 5.11 Å². The molecule has 17 heavy (non-hydrogen) atoms. The minimum atomic E-state index is -0.895. The second-order valence-electron chi connectivity index (χ2n) is 4.46. The molecular weight excluding hydrogens is 240 g/mol. The molecule has 1 rings (SSSR count). The van der Waals surface area contributed by atoms with Gasteiger partial charge < -0.3 is 15.7 Å². The molecule has 0 aliphatic heterocycles. The van der Waals surface area contributed by atoms with Gasteiger partial charge in [0.2, 0.25) is 0 Å². The van der Waals surface area contributed by atoms with Gasteiger partial charge in [0.15, 0.2) is 0 Å². The Labute approximate surface area is 106 Å². The van der Waals surface area contributed by atoms with Gasteiger partial charge in [-0.1, -0.05) is 6.92 Å². The highest BCUT2D eigenvalue weighted by Crippen LogP contribution is 2.27. The summed E-state index contributed by atoms with van der Waals surface area (Å²) in [7, 11) is 0. The normalized spacial score (nSPS) is 25.3. The molecule has 3 atom stereocenters. The molecule has 0 aromatic rings. The molecule has 0 bridgehead atoms. The molecule has 1 aliphatic carbocycles. The molecule has 3 unspecified atom stereocenters. The van der Waals surface area contributed by atoms with Gasteiger partial charge in [0.1, 0.15) is 0 Å². The highest BCUT2D eigenvalue weighted by molar-refractivity contribution is 7.99. The number of carbonyl (C=O) groups excluding carboxylic acids is 1. The number of hydrogen-bond donors (Lipinski definition) is 3. The lowest BCUT2D eigenvalue weighted by Crippen LogP contribution is -2.43. The lowest BCUT2D eigenvalue weighted by Gasteiger charge is -2.14. The van der Waals surface area contributed by atoms with Gasteiger partial charge in [0.25, 0.3) is 0 Å². The predicted octanol–water partition coefficient (Wildman–Crippen LogP) is 1.29. The van der Waals surface area contributed by atoms with E-state index in [9.17, 15) is 9.59 Å². The third-order valence-electron chi connectivity index (χ3n) is 3.04. The Morgan fingerprint density at radius 1 is 1.47 bits per heavy atom. The zero-order valence-corrected chi connectivity index (χ0v) is 11.0. The van der Waals surface area contributed by atoms with Gasteiger partial charge in [-0.15, -0.1) is 0 Å². The van der Waals surface area contributed by atoms with Crippen LogP contribution in [0, 0.1) is 5.92 Å². The average molecular weight is 260 g/mol. The fourth-order valence-corrected chi connectivity index (χ4v) is 2.65. The van der Waals surface area contributed by atoms with Crippen molar-refractivity contribution in [3.05, 3.63) is 0 Å². The molecule has 1 aliphatic rings. The van der Waals surface area contributed by atoms with Crippen molar-refractivity contribution in [1.29, 1.82) is 0 Å². The van der Waals surface area contributed by atoms with Gasteiger partial charge in [-0.25, -0.2) is 4.79 Å². The summed E-state index contributed by atoms with van der Waals surface area (Å²) in [6.07, 6.45) is 5.23. The zero-order valence-electron chi connectivity index (χ0n) is 10.2. The molecule has 3 N–H and O–H groups in total. The monoisotopic (exact) mass is 260 g/mol. The van der Waals surface area contributed by atoms with Crippen LogP contribution in [-0.4, -0.2) is 41.2 Å². The van der Waals surface area contributed by atoms with E-state index in [1.54, 1.807) is 6.92 Å². The first-order chi connectivity index (χ1) is 8.02. The minimum Gasteiger partial charge on any atom is -0.481 e. The number of rotatable bonds is 5. The molecule has 0 heterocycles. The molecule has 0 saturated heterocycles. The maximum Gasteiger partial charge on any atom is 0.315 e. The van der Waals surface area contributed by atoms with Crippen LogP contribution < -0.4 is 10.6 Å². The van der Waals surface area contributed by atoms with Gasteiger partial charge in [-0.2, -0.15) is 11.8 Å². The van der Waals surface area contributed by atoms with Crippen LogP contribution in [0.4, 0.5) is 4.79 Å². The van der Waals surface area contributed by atoms with E-state index in [1.165, 1.54) is 0 Å². The fourth-order valence-electron chi connectivity index (χ4n) is 1.85. The van der Waals surface area contributed by atoms with E-state index in [0.29, 0.717) is 5.25 Å². The van der Waals surface area contributed by atoms with Crippen molar-refractivity contribution in [1.82, 2.24) is 10.6 Å². The van der Waals surface area contributed by atoms with Crippen LogP contribution in [0.15, 0.2) is 0 Å². The Morgan fingerprint density at radius 3 is 2.71 bits per heavy atom. The van der Waals surface area contributed by atoms with E-state index in [1.807, 2.05) is 11.8 Å². The highest BCUT2D eigenvalue weighted by atomic mass is 32.2. The van der Waals surface area contributed by atoms with Crippen molar-refractivity contribution >= 4 is 23.8 Å². The highest BCUT2D eigenvalue weighted by Gasteiger charge is 2.25. The van der Waals surface area contributed by atoms with Gasteiger partial charge in [0, 0.05) is 17.8 Å². The first-order valence-corrected chi connectivity index (χ1v) is 7.11. The summed E-state index contributed by atoms with van der Waals surface area (Å²) in [6, 6.07) is -0.0302. The molecule has 1 saturated carbocycles. The van der Waals surface area contributed by atoms with E-state index < -0.39 is 11.9 Å². The van der Waals surface area contributed by atoms with E-state index in [2.05, 4.69) is 16.9 Å². The van der Waals surface area contributed by atoms with Gasteiger partial charge in [-0.05, 0) is 25.5 Å². The summed E-state index contributed by atoms with van der Waals surface area (Å²) in [6.45, 7) is 1.74. The Morgan fingerprint density at radius 2 is 2.18 bits per heavy atom. The smallest absolute Gasteiger partial charge is 0.315 e. The SMILES string of the molecule is CSC1CCC(NC(=O)NCC(C)C(=O)O)C1.